The molecule has 2 N–H and O–H groups in total. The van der Waals surface area contributed by atoms with Gasteiger partial charge in [-0.15, -0.1) is 11.3 Å². The van der Waals surface area contributed by atoms with Gasteiger partial charge in [0.05, 0.1) is 5.56 Å². The first-order chi connectivity index (χ1) is 14.1. The van der Waals surface area contributed by atoms with Crippen LogP contribution in [0.5, 0.6) is 0 Å². The highest BCUT2D eigenvalue weighted by Crippen LogP contribution is 2.41. The Balaban J connectivity index is 1.39. The Bertz CT molecular complexity index is 1080. The molecule has 3 heterocycles. The zero-order valence-corrected chi connectivity index (χ0v) is 17.9. The number of hydrogen-bond acceptors (Lipinski definition) is 4. The van der Waals surface area contributed by atoms with E-state index in [-0.39, 0.29) is 12.1 Å². The van der Waals surface area contributed by atoms with Gasteiger partial charge in [0.25, 0.3) is 5.91 Å². The standard InChI is InChI=1S/C22H19Cl2N3OS/c23-14-6-7-15(17(24)10-14)20-25-21(28)19-16-8-9-27(11-13-4-2-1-3-5-13)12-18(16)29-22(19)26-20/h1-7,10,20,26H,8-9,11-12H2,(H,25,28)/t20-/m0/s1. The molecule has 29 heavy (non-hydrogen) atoms. The van der Waals surface area contributed by atoms with Gasteiger partial charge in [0.1, 0.15) is 11.2 Å². The average molecular weight is 444 g/mol. The van der Waals surface area contributed by atoms with Gasteiger partial charge in [0, 0.05) is 40.1 Å². The second kappa shape index (κ2) is 7.65. The molecule has 0 fully saturated rings. The summed E-state index contributed by atoms with van der Waals surface area (Å²) >= 11 is 14.0. The van der Waals surface area contributed by atoms with E-state index in [1.54, 1.807) is 23.5 Å². The number of benzene rings is 2. The van der Waals surface area contributed by atoms with E-state index in [2.05, 4.69) is 39.8 Å². The lowest BCUT2D eigenvalue weighted by Gasteiger charge is -2.29. The van der Waals surface area contributed by atoms with E-state index in [0.717, 1.165) is 42.2 Å². The summed E-state index contributed by atoms with van der Waals surface area (Å²) < 4.78 is 0. The van der Waals surface area contributed by atoms with Crippen LogP contribution >= 0.6 is 34.5 Å². The number of hydrogen-bond donors (Lipinski definition) is 2. The third-order valence-corrected chi connectivity index (χ3v) is 7.15. The fourth-order valence-corrected chi connectivity index (χ4v) is 5.87. The summed E-state index contributed by atoms with van der Waals surface area (Å²) in [5, 5.41) is 8.56. The van der Waals surface area contributed by atoms with Gasteiger partial charge in [-0.05, 0) is 29.7 Å². The van der Waals surface area contributed by atoms with Crippen molar-refractivity contribution in [1.29, 1.82) is 0 Å². The molecule has 2 aromatic carbocycles. The molecule has 148 valence electrons. The first-order valence-corrected chi connectivity index (χ1v) is 11.1. The highest BCUT2D eigenvalue weighted by atomic mass is 35.5. The molecule has 2 aliphatic rings. The first-order valence-electron chi connectivity index (χ1n) is 9.51. The van der Waals surface area contributed by atoms with Gasteiger partial charge in [-0.3, -0.25) is 9.69 Å². The van der Waals surface area contributed by atoms with E-state index < -0.39 is 0 Å². The number of rotatable bonds is 3. The van der Waals surface area contributed by atoms with E-state index in [4.69, 9.17) is 23.2 Å². The van der Waals surface area contributed by atoms with Gasteiger partial charge < -0.3 is 10.6 Å². The molecule has 2 aliphatic heterocycles. The van der Waals surface area contributed by atoms with Crippen molar-refractivity contribution < 1.29 is 4.79 Å². The summed E-state index contributed by atoms with van der Waals surface area (Å²) in [7, 11) is 0. The lowest BCUT2D eigenvalue weighted by atomic mass is 10.00. The Kier molecular flexibility index (Phi) is 5.00. The number of nitrogens with zero attached hydrogens (tertiary/aromatic N) is 1. The summed E-state index contributed by atoms with van der Waals surface area (Å²) in [5.74, 6) is -0.0382. The third-order valence-electron chi connectivity index (χ3n) is 5.44. The minimum atomic E-state index is -0.361. The van der Waals surface area contributed by atoms with Crippen molar-refractivity contribution in [2.75, 3.05) is 11.9 Å². The van der Waals surface area contributed by atoms with Crippen LogP contribution in [0.25, 0.3) is 0 Å². The van der Waals surface area contributed by atoms with Crippen LogP contribution in [0, 0.1) is 0 Å². The van der Waals surface area contributed by atoms with Crippen molar-refractivity contribution in [3.8, 4) is 0 Å². The van der Waals surface area contributed by atoms with E-state index in [1.165, 1.54) is 16.0 Å². The van der Waals surface area contributed by atoms with Gasteiger partial charge in [0.15, 0.2) is 0 Å². The fourth-order valence-electron chi connectivity index (χ4n) is 4.04. The molecule has 5 rings (SSSR count). The van der Waals surface area contributed by atoms with Crippen molar-refractivity contribution in [2.45, 2.75) is 25.7 Å². The molecule has 0 aliphatic carbocycles. The largest absolute Gasteiger partial charge is 0.353 e. The number of thiophene rings is 1. The molecule has 0 radical (unpaired) electrons. The van der Waals surface area contributed by atoms with E-state index in [0.29, 0.717) is 10.0 Å². The number of carbonyl (C=O) groups is 1. The number of halogens is 2. The molecule has 0 spiro atoms. The molecule has 4 nitrogen and oxygen atoms in total. The number of carbonyl (C=O) groups excluding carboxylic acids is 1. The fraction of sp³-hybridized carbons (Fsp3) is 0.227. The number of nitrogens with one attached hydrogen (secondary N) is 2. The monoisotopic (exact) mass is 443 g/mol. The molecular formula is C22H19Cl2N3OS. The lowest BCUT2D eigenvalue weighted by molar-refractivity contribution is 0.0934. The predicted molar refractivity (Wildman–Crippen MR) is 119 cm³/mol. The molecule has 3 aromatic rings. The highest BCUT2D eigenvalue weighted by molar-refractivity contribution is 7.16. The van der Waals surface area contributed by atoms with Gasteiger partial charge >= 0.3 is 0 Å². The Hall–Kier alpha value is -2.05. The molecule has 1 atom stereocenters. The summed E-state index contributed by atoms with van der Waals surface area (Å²) in [6.07, 6.45) is 0.524. The molecule has 7 heteroatoms. The number of amides is 1. The van der Waals surface area contributed by atoms with Crippen LogP contribution in [0.15, 0.2) is 48.5 Å². The van der Waals surface area contributed by atoms with Crippen LogP contribution < -0.4 is 10.6 Å². The summed E-state index contributed by atoms with van der Waals surface area (Å²) in [6, 6.07) is 15.8. The maximum absolute atomic E-state index is 12.9. The average Bonchev–Trinajstić information content (AvgIpc) is 3.06. The predicted octanol–water partition coefficient (Wildman–Crippen LogP) is 5.47. The molecule has 0 saturated heterocycles. The summed E-state index contributed by atoms with van der Waals surface area (Å²) in [5.41, 5.74) is 4.10. The van der Waals surface area contributed by atoms with Gasteiger partial charge in [-0.2, -0.15) is 0 Å². The van der Waals surface area contributed by atoms with Crippen LogP contribution in [-0.2, 0) is 19.5 Å². The van der Waals surface area contributed by atoms with Crippen LogP contribution in [0.2, 0.25) is 10.0 Å². The maximum Gasteiger partial charge on any atom is 0.256 e. The van der Waals surface area contributed by atoms with E-state index >= 15 is 0 Å². The Labute approximate surface area is 183 Å². The SMILES string of the molecule is O=C1N[C@H](c2ccc(Cl)cc2Cl)Nc2sc3c(c21)CCN(Cc1ccccc1)C3. The Morgan fingerprint density at radius 3 is 2.72 bits per heavy atom. The maximum atomic E-state index is 12.9. The van der Waals surface area contributed by atoms with Crippen molar-refractivity contribution in [2.24, 2.45) is 0 Å². The van der Waals surface area contributed by atoms with Crippen LogP contribution in [0.3, 0.4) is 0 Å². The second-order valence-corrected chi connectivity index (χ2v) is 9.32. The topological polar surface area (TPSA) is 44.4 Å². The molecule has 0 unspecified atom stereocenters. The number of anilines is 1. The van der Waals surface area contributed by atoms with Crippen LogP contribution in [-0.4, -0.2) is 17.4 Å². The van der Waals surface area contributed by atoms with Crippen molar-refractivity contribution in [3.05, 3.63) is 85.7 Å². The first kappa shape index (κ1) is 18.9. The minimum Gasteiger partial charge on any atom is -0.353 e. The number of fused-ring (bicyclic) bond motifs is 3. The third kappa shape index (κ3) is 3.64. The van der Waals surface area contributed by atoms with Crippen molar-refractivity contribution in [3.63, 3.8) is 0 Å². The zero-order valence-electron chi connectivity index (χ0n) is 15.5. The Morgan fingerprint density at radius 2 is 1.93 bits per heavy atom. The van der Waals surface area contributed by atoms with Gasteiger partial charge in [0.2, 0.25) is 0 Å². The minimum absolute atomic E-state index is 0.0382. The molecule has 1 amide bonds. The second-order valence-electron chi connectivity index (χ2n) is 7.37. The summed E-state index contributed by atoms with van der Waals surface area (Å²) in [6.45, 7) is 2.74. The van der Waals surface area contributed by atoms with E-state index in [1.807, 2.05) is 12.1 Å². The molecule has 1 aromatic heterocycles. The van der Waals surface area contributed by atoms with E-state index in [9.17, 15) is 4.79 Å². The smallest absolute Gasteiger partial charge is 0.256 e. The van der Waals surface area contributed by atoms with Crippen LogP contribution in [0.1, 0.15) is 38.1 Å². The van der Waals surface area contributed by atoms with Gasteiger partial charge in [-0.1, -0.05) is 59.6 Å². The molecule has 0 saturated carbocycles. The zero-order chi connectivity index (χ0) is 20.0. The van der Waals surface area contributed by atoms with Crippen molar-refractivity contribution in [1.82, 2.24) is 10.2 Å². The molecule has 0 bridgehead atoms. The Morgan fingerprint density at radius 1 is 1.10 bits per heavy atom. The van der Waals surface area contributed by atoms with Crippen LogP contribution in [0.4, 0.5) is 5.00 Å². The lowest BCUT2D eigenvalue weighted by Crippen LogP contribution is -2.39. The quantitative estimate of drug-likeness (QED) is 0.563. The highest BCUT2D eigenvalue weighted by Gasteiger charge is 2.33. The normalized spacial score (nSPS) is 18.6. The molecular weight excluding hydrogens is 425 g/mol. The summed E-state index contributed by atoms with van der Waals surface area (Å²) in [4.78, 5) is 16.6. The van der Waals surface area contributed by atoms with Crippen molar-refractivity contribution >= 4 is 45.4 Å². The van der Waals surface area contributed by atoms with Gasteiger partial charge in [-0.25, -0.2) is 0 Å².